The number of rotatable bonds is 1. The molecule has 1 heterocycles. The van der Waals surface area contributed by atoms with E-state index < -0.39 is 7.26 Å². The molecule has 72 valence electrons. The third kappa shape index (κ3) is 3.12. The molecule has 12 heavy (non-hydrogen) atoms. The van der Waals surface area contributed by atoms with Crippen molar-refractivity contribution in [2.75, 3.05) is 20.0 Å². The molecule has 1 aliphatic rings. The average Bonchev–Trinajstić information content (AvgIpc) is 1.82. The fourth-order valence-electron chi connectivity index (χ4n) is 1.37. The van der Waals surface area contributed by atoms with Crippen LogP contribution in [0.15, 0.2) is 0 Å². The molecule has 0 aromatic carbocycles. The summed E-state index contributed by atoms with van der Waals surface area (Å²) in [4.78, 5) is 0. The van der Waals surface area contributed by atoms with Gasteiger partial charge in [-0.15, -0.1) is 23.5 Å². The first-order chi connectivity index (χ1) is 5.39. The zero-order valence-corrected chi connectivity index (χ0v) is 11.2. The van der Waals surface area contributed by atoms with Gasteiger partial charge in [0, 0.05) is 17.8 Å². The molecule has 0 aromatic rings. The van der Waals surface area contributed by atoms with Crippen molar-refractivity contribution in [1.82, 2.24) is 0 Å². The van der Waals surface area contributed by atoms with Crippen molar-refractivity contribution in [3.63, 3.8) is 0 Å². The minimum Gasteiger partial charge on any atom is -0.104 e. The van der Waals surface area contributed by atoms with E-state index in [0.717, 1.165) is 14.8 Å². The lowest BCUT2D eigenvalue weighted by atomic mass is 10.3. The van der Waals surface area contributed by atoms with Gasteiger partial charge in [-0.3, -0.25) is 0 Å². The largest absolute Gasteiger partial charge is 0.159 e. The molecule has 1 saturated heterocycles. The lowest BCUT2D eigenvalue weighted by Gasteiger charge is -2.33. The van der Waals surface area contributed by atoms with Gasteiger partial charge in [0.15, 0.2) is 4.32 Å². The predicted octanol–water partition coefficient (Wildman–Crippen LogP) is 3.82. The van der Waals surface area contributed by atoms with Gasteiger partial charge < -0.3 is 0 Å². The third-order valence-corrected chi connectivity index (χ3v) is 10.2. The van der Waals surface area contributed by atoms with Gasteiger partial charge in [0.2, 0.25) is 0 Å². The molecule has 0 N–H and O–H groups in total. The SMILES string of the molecule is C[C@@H]1C[C@H](C)SC([P+](C)(C)C)S1. The van der Waals surface area contributed by atoms with Crippen LogP contribution >= 0.6 is 30.8 Å². The maximum Gasteiger partial charge on any atom is 0.159 e. The molecule has 0 saturated carbocycles. The number of thioether (sulfide) groups is 2. The molecule has 0 nitrogen and oxygen atoms in total. The zero-order chi connectivity index (χ0) is 9.35. The van der Waals surface area contributed by atoms with Gasteiger partial charge in [-0.05, 0) is 6.42 Å². The van der Waals surface area contributed by atoms with E-state index in [-0.39, 0.29) is 0 Å². The van der Waals surface area contributed by atoms with E-state index in [2.05, 4.69) is 57.4 Å². The molecule has 3 heteroatoms. The van der Waals surface area contributed by atoms with E-state index >= 15 is 0 Å². The third-order valence-electron chi connectivity index (χ3n) is 1.99. The normalized spacial score (nSPS) is 38.2. The van der Waals surface area contributed by atoms with E-state index in [1.807, 2.05) is 0 Å². The van der Waals surface area contributed by atoms with Crippen molar-refractivity contribution in [1.29, 1.82) is 0 Å². The second-order valence-corrected chi connectivity index (χ2v) is 13.4. The summed E-state index contributed by atoms with van der Waals surface area (Å²) in [5.74, 6) is 0. The number of hydrogen-bond donors (Lipinski definition) is 0. The minimum absolute atomic E-state index is 0.640. The molecule has 0 aliphatic carbocycles. The van der Waals surface area contributed by atoms with Crippen LogP contribution in [0.5, 0.6) is 0 Å². The van der Waals surface area contributed by atoms with E-state index in [0.29, 0.717) is 0 Å². The summed E-state index contributed by atoms with van der Waals surface area (Å²) < 4.78 is 0.899. The summed E-state index contributed by atoms with van der Waals surface area (Å²) in [5, 5.41) is 1.76. The van der Waals surface area contributed by atoms with Crippen LogP contribution in [0, 0.1) is 0 Å². The molecule has 0 amide bonds. The molecule has 0 radical (unpaired) electrons. The Morgan fingerprint density at radius 1 is 1.00 bits per heavy atom. The number of hydrogen-bond acceptors (Lipinski definition) is 2. The van der Waals surface area contributed by atoms with Crippen LogP contribution in [0.1, 0.15) is 20.3 Å². The van der Waals surface area contributed by atoms with Crippen LogP contribution in [0.3, 0.4) is 0 Å². The summed E-state index contributed by atoms with van der Waals surface area (Å²) in [6, 6.07) is 0. The zero-order valence-electron chi connectivity index (χ0n) is 8.70. The van der Waals surface area contributed by atoms with Crippen LogP contribution in [0.4, 0.5) is 0 Å². The lowest BCUT2D eigenvalue weighted by Crippen LogP contribution is -2.20. The Morgan fingerprint density at radius 3 is 1.75 bits per heavy atom. The van der Waals surface area contributed by atoms with Crippen molar-refractivity contribution in [3.05, 3.63) is 0 Å². The smallest absolute Gasteiger partial charge is 0.104 e. The Kier molecular flexibility index (Phi) is 3.83. The van der Waals surface area contributed by atoms with Gasteiger partial charge in [0.05, 0.1) is 20.0 Å². The Balaban J connectivity index is 2.55. The molecular weight excluding hydrogens is 203 g/mol. The fraction of sp³-hybridized carbons (Fsp3) is 1.00. The van der Waals surface area contributed by atoms with Crippen LogP contribution in [-0.4, -0.2) is 34.8 Å². The Hall–Kier alpha value is 1.13. The quantitative estimate of drug-likeness (QED) is 0.620. The highest BCUT2D eigenvalue weighted by Gasteiger charge is 2.38. The second kappa shape index (κ2) is 4.11. The van der Waals surface area contributed by atoms with Crippen molar-refractivity contribution in [3.8, 4) is 0 Å². The standard InChI is InChI=1S/C9H20PS2/c1-7-6-8(2)12-9(11-7)10(3,4)5/h7-9H,6H2,1-5H3/q+1/t7-,8+,9?. The summed E-state index contributed by atoms with van der Waals surface area (Å²) >= 11 is 4.42. The van der Waals surface area contributed by atoms with Gasteiger partial charge in [0.25, 0.3) is 0 Å². The topological polar surface area (TPSA) is 0 Å². The molecular formula is C9H20PS2+. The van der Waals surface area contributed by atoms with Crippen molar-refractivity contribution < 1.29 is 0 Å². The summed E-state index contributed by atoms with van der Waals surface area (Å²) in [6.45, 7) is 12.1. The van der Waals surface area contributed by atoms with Gasteiger partial charge in [-0.25, -0.2) is 0 Å². The Bertz CT molecular complexity index is 143. The van der Waals surface area contributed by atoms with Gasteiger partial charge >= 0.3 is 0 Å². The van der Waals surface area contributed by atoms with Crippen LogP contribution in [0.25, 0.3) is 0 Å². The molecule has 0 bridgehead atoms. The Labute approximate surface area is 86.0 Å². The maximum atomic E-state index is 2.46. The fourth-order valence-corrected chi connectivity index (χ4v) is 8.65. The first kappa shape index (κ1) is 11.2. The highest BCUT2D eigenvalue weighted by atomic mass is 32.2. The first-order valence-electron chi connectivity index (χ1n) is 4.51. The highest BCUT2D eigenvalue weighted by molar-refractivity contribution is 8.26. The second-order valence-electron chi connectivity index (χ2n) is 4.55. The van der Waals surface area contributed by atoms with Gasteiger partial charge in [-0.2, -0.15) is 0 Å². The maximum absolute atomic E-state index is 2.46. The van der Waals surface area contributed by atoms with E-state index in [9.17, 15) is 0 Å². The summed E-state index contributed by atoms with van der Waals surface area (Å²) in [7, 11) is -0.640. The summed E-state index contributed by atoms with van der Waals surface area (Å²) in [5.41, 5.74) is 0. The average molecular weight is 223 g/mol. The molecule has 0 aromatic heterocycles. The molecule has 1 fully saturated rings. The van der Waals surface area contributed by atoms with Gasteiger partial charge in [-0.1, -0.05) is 13.8 Å². The van der Waals surface area contributed by atoms with Crippen molar-refractivity contribution in [2.45, 2.75) is 35.1 Å². The van der Waals surface area contributed by atoms with Gasteiger partial charge in [0.1, 0.15) is 0 Å². The van der Waals surface area contributed by atoms with Crippen molar-refractivity contribution in [2.24, 2.45) is 0 Å². The van der Waals surface area contributed by atoms with Crippen molar-refractivity contribution >= 4 is 30.8 Å². The monoisotopic (exact) mass is 223 g/mol. The van der Waals surface area contributed by atoms with E-state index in [1.54, 1.807) is 0 Å². The van der Waals surface area contributed by atoms with E-state index in [1.165, 1.54) is 6.42 Å². The molecule has 3 atom stereocenters. The first-order valence-corrected chi connectivity index (χ1v) is 9.60. The Morgan fingerprint density at radius 2 is 1.42 bits per heavy atom. The van der Waals surface area contributed by atoms with E-state index in [4.69, 9.17) is 0 Å². The lowest BCUT2D eigenvalue weighted by molar-refractivity contribution is 0.797. The van der Waals surface area contributed by atoms with Crippen LogP contribution in [0.2, 0.25) is 0 Å². The molecule has 0 spiro atoms. The molecule has 1 rings (SSSR count). The minimum atomic E-state index is -0.640. The predicted molar refractivity (Wildman–Crippen MR) is 67.2 cm³/mol. The van der Waals surface area contributed by atoms with Crippen LogP contribution < -0.4 is 0 Å². The van der Waals surface area contributed by atoms with Crippen LogP contribution in [-0.2, 0) is 0 Å². The summed E-state index contributed by atoms with van der Waals surface area (Å²) in [6.07, 6.45) is 1.39. The highest BCUT2D eigenvalue weighted by Crippen LogP contribution is 2.64. The molecule has 1 unspecified atom stereocenters. The molecule has 1 aliphatic heterocycles.